The zero-order valence-corrected chi connectivity index (χ0v) is 15.1. The number of rotatable bonds is 5. The van der Waals surface area contributed by atoms with Crippen molar-refractivity contribution in [2.24, 2.45) is 5.41 Å². The van der Waals surface area contributed by atoms with E-state index in [0.717, 1.165) is 57.3 Å². The number of piperidine rings is 1. The van der Waals surface area contributed by atoms with Gasteiger partial charge >= 0.3 is 0 Å². The van der Waals surface area contributed by atoms with Crippen LogP contribution in [0, 0.1) is 5.41 Å². The molecule has 25 heavy (non-hydrogen) atoms. The summed E-state index contributed by atoms with van der Waals surface area (Å²) in [7, 11) is 0. The standard InChI is InChI=1S/C20H28N2O3/c1-20(11-3-4-12-20)19(24)21-16-7-9-17(10-8-16)25-15-18(23)22-13-5-2-6-14-22/h7-10H,2-6,11-15H2,1H3,(H,21,24). The second-order valence-corrected chi connectivity index (χ2v) is 7.48. The third-order valence-electron chi connectivity index (χ3n) is 5.44. The average Bonchev–Trinajstić information content (AvgIpc) is 3.09. The number of carbonyl (C=O) groups is 2. The third-order valence-corrected chi connectivity index (χ3v) is 5.44. The van der Waals surface area contributed by atoms with Crippen molar-refractivity contribution in [3.8, 4) is 5.75 Å². The highest BCUT2D eigenvalue weighted by Gasteiger charge is 2.36. The van der Waals surface area contributed by atoms with Gasteiger partial charge in [-0.05, 0) is 56.4 Å². The number of anilines is 1. The van der Waals surface area contributed by atoms with Gasteiger partial charge in [-0.25, -0.2) is 0 Å². The first-order chi connectivity index (χ1) is 12.1. The number of ether oxygens (including phenoxy) is 1. The molecule has 1 saturated heterocycles. The van der Waals surface area contributed by atoms with Crippen LogP contribution in [0.3, 0.4) is 0 Å². The number of hydrogen-bond acceptors (Lipinski definition) is 3. The summed E-state index contributed by atoms with van der Waals surface area (Å²) < 4.78 is 5.60. The molecule has 0 aromatic heterocycles. The SMILES string of the molecule is CC1(C(=O)Nc2ccc(OCC(=O)N3CCCCC3)cc2)CCCC1. The summed E-state index contributed by atoms with van der Waals surface area (Å²) in [6.07, 6.45) is 7.54. The van der Waals surface area contributed by atoms with Crippen LogP contribution in [-0.4, -0.2) is 36.4 Å². The summed E-state index contributed by atoms with van der Waals surface area (Å²) in [5.74, 6) is 0.792. The van der Waals surface area contributed by atoms with E-state index in [1.54, 1.807) is 12.1 Å². The van der Waals surface area contributed by atoms with Crippen LogP contribution in [-0.2, 0) is 9.59 Å². The highest BCUT2D eigenvalue weighted by molar-refractivity contribution is 5.95. The molecule has 0 bridgehead atoms. The molecule has 1 aromatic rings. The first kappa shape index (κ1) is 17.8. The van der Waals surface area contributed by atoms with Crippen molar-refractivity contribution in [2.75, 3.05) is 25.0 Å². The molecule has 5 nitrogen and oxygen atoms in total. The lowest BCUT2D eigenvalue weighted by Gasteiger charge is -2.26. The number of hydrogen-bond donors (Lipinski definition) is 1. The molecule has 0 spiro atoms. The summed E-state index contributed by atoms with van der Waals surface area (Å²) in [5, 5.41) is 3.00. The van der Waals surface area contributed by atoms with Gasteiger partial charge in [0.15, 0.2) is 6.61 Å². The van der Waals surface area contributed by atoms with Gasteiger partial charge in [0.1, 0.15) is 5.75 Å². The zero-order chi connectivity index (χ0) is 17.7. The Kier molecular flexibility index (Phi) is 5.61. The van der Waals surface area contributed by atoms with Crippen molar-refractivity contribution < 1.29 is 14.3 Å². The summed E-state index contributed by atoms with van der Waals surface area (Å²) in [5.41, 5.74) is 0.531. The van der Waals surface area contributed by atoms with Crippen molar-refractivity contribution in [3.63, 3.8) is 0 Å². The second-order valence-electron chi connectivity index (χ2n) is 7.48. The van der Waals surface area contributed by atoms with Gasteiger partial charge in [0.25, 0.3) is 5.91 Å². The maximum atomic E-state index is 12.4. The van der Waals surface area contributed by atoms with Crippen LogP contribution in [0.15, 0.2) is 24.3 Å². The molecule has 2 fully saturated rings. The van der Waals surface area contributed by atoms with E-state index in [0.29, 0.717) is 5.75 Å². The maximum absolute atomic E-state index is 12.4. The quantitative estimate of drug-likeness (QED) is 0.888. The Bertz CT molecular complexity index is 600. The van der Waals surface area contributed by atoms with Crippen LogP contribution in [0.5, 0.6) is 5.75 Å². The predicted molar refractivity (Wildman–Crippen MR) is 97.6 cm³/mol. The van der Waals surface area contributed by atoms with Crippen molar-refractivity contribution in [1.82, 2.24) is 4.90 Å². The van der Waals surface area contributed by atoms with E-state index in [4.69, 9.17) is 4.74 Å². The van der Waals surface area contributed by atoms with Crippen LogP contribution < -0.4 is 10.1 Å². The van der Waals surface area contributed by atoms with Gasteiger partial charge in [0.2, 0.25) is 5.91 Å². The van der Waals surface area contributed by atoms with Gasteiger partial charge in [0.05, 0.1) is 0 Å². The molecule has 0 unspecified atom stereocenters. The molecule has 2 aliphatic rings. The second kappa shape index (κ2) is 7.89. The number of amides is 2. The first-order valence-electron chi connectivity index (χ1n) is 9.39. The van der Waals surface area contributed by atoms with E-state index in [2.05, 4.69) is 5.32 Å². The molecule has 1 heterocycles. The number of carbonyl (C=O) groups excluding carboxylic acids is 2. The van der Waals surface area contributed by atoms with Crippen molar-refractivity contribution >= 4 is 17.5 Å². The lowest BCUT2D eigenvalue weighted by Crippen LogP contribution is -2.38. The first-order valence-corrected chi connectivity index (χ1v) is 9.39. The van der Waals surface area contributed by atoms with Crippen molar-refractivity contribution in [3.05, 3.63) is 24.3 Å². The Balaban J connectivity index is 1.48. The van der Waals surface area contributed by atoms with Crippen LogP contribution in [0.25, 0.3) is 0 Å². The van der Waals surface area contributed by atoms with E-state index < -0.39 is 0 Å². The molecule has 0 atom stereocenters. The van der Waals surface area contributed by atoms with Crippen LogP contribution in [0.1, 0.15) is 51.9 Å². The van der Waals surface area contributed by atoms with Crippen LogP contribution >= 0.6 is 0 Å². The molecule has 1 N–H and O–H groups in total. The van der Waals surface area contributed by atoms with E-state index in [1.807, 2.05) is 24.0 Å². The summed E-state index contributed by atoms with van der Waals surface area (Å²) in [6.45, 7) is 3.79. The molecular weight excluding hydrogens is 316 g/mol. The fraction of sp³-hybridized carbons (Fsp3) is 0.600. The number of nitrogens with one attached hydrogen (secondary N) is 1. The minimum Gasteiger partial charge on any atom is -0.484 e. The molecule has 1 aliphatic carbocycles. The Morgan fingerprint density at radius 3 is 2.32 bits per heavy atom. The number of benzene rings is 1. The maximum Gasteiger partial charge on any atom is 0.260 e. The molecule has 1 saturated carbocycles. The topological polar surface area (TPSA) is 58.6 Å². The minimum absolute atomic E-state index is 0.0474. The summed E-state index contributed by atoms with van der Waals surface area (Å²) in [6, 6.07) is 7.26. The predicted octanol–water partition coefficient (Wildman–Crippen LogP) is 3.60. The monoisotopic (exact) mass is 344 g/mol. The van der Waals surface area contributed by atoms with Gasteiger partial charge in [-0.2, -0.15) is 0 Å². The van der Waals surface area contributed by atoms with Crippen molar-refractivity contribution in [1.29, 1.82) is 0 Å². The molecule has 1 aromatic carbocycles. The molecular formula is C20H28N2O3. The van der Waals surface area contributed by atoms with Gasteiger partial charge in [-0.1, -0.05) is 19.8 Å². The minimum atomic E-state index is -0.240. The van der Waals surface area contributed by atoms with E-state index in [9.17, 15) is 9.59 Å². The van der Waals surface area contributed by atoms with Crippen LogP contribution in [0.4, 0.5) is 5.69 Å². The fourth-order valence-electron chi connectivity index (χ4n) is 3.68. The van der Waals surface area contributed by atoms with E-state index in [-0.39, 0.29) is 23.8 Å². The lowest BCUT2D eigenvalue weighted by molar-refractivity contribution is -0.134. The molecule has 5 heteroatoms. The molecule has 2 amide bonds. The van der Waals surface area contributed by atoms with Crippen LogP contribution in [0.2, 0.25) is 0 Å². The Morgan fingerprint density at radius 2 is 1.68 bits per heavy atom. The Morgan fingerprint density at radius 1 is 1.04 bits per heavy atom. The Hall–Kier alpha value is -2.04. The van der Waals surface area contributed by atoms with Gasteiger partial charge < -0.3 is 15.0 Å². The highest BCUT2D eigenvalue weighted by Crippen LogP contribution is 2.38. The number of nitrogens with zero attached hydrogens (tertiary/aromatic N) is 1. The molecule has 136 valence electrons. The van der Waals surface area contributed by atoms with E-state index >= 15 is 0 Å². The lowest BCUT2D eigenvalue weighted by atomic mass is 9.88. The highest BCUT2D eigenvalue weighted by atomic mass is 16.5. The average molecular weight is 344 g/mol. The molecule has 0 radical (unpaired) electrons. The van der Waals surface area contributed by atoms with Crippen molar-refractivity contribution in [2.45, 2.75) is 51.9 Å². The largest absolute Gasteiger partial charge is 0.484 e. The van der Waals surface area contributed by atoms with E-state index in [1.165, 1.54) is 6.42 Å². The smallest absolute Gasteiger partial charge is 0.260 e. The summed E-state index contributed by atoms with van der Waals surface area (Å²) in [4.78, 5) is 26.4. The van der Waals surface area contributed by atoms with Gasteiger partial charge in [0, 0.05) is 24.2 Å². The molecule has 3 rings (SSSR count). The zero-order valence-electron chi connectivity index (χ0n) is 15.1. The Labute approximate surface area is 149 Å². The molecule has 1 aliphatic heterocycles. The summed E-state index contributed by atoms with van der Waals surface area (Å²) >= 11 is 0. The van der Waals surface area contributed by atoms with Gasteiger partial charge in [-0.3, -0.25) is 9.59 Å². The third kappa shape index (κ3) is 4.53. The number of likely N-dealkylation sites (tertiary alicyclic amines) is 1. The normalized spacial score (nSPS) is 19.5. The van der Waals surface area contributed by atoms with Gasteiger partial charge in [-0.15, -0.1) is 0 Å². The fourth-order valence-corrected chi connectivity index (χ4v) is 3.68.